The van der Waals surface area contributed by atoms with Crippen molar-refractivity contribution in [1.82, 2.24) is 9.88 Å². The van der Waals surface area contributed by atoms with E-state index >= 15 is 0 Å². The summed E-state index contributed by atoms with van der Waals surface area (Å²) in [6.45, 7) is 3.36. The average Bonchev–Trinajstić information content (AvgIpc) is 2.46. The molecule has 0 amide bonds. The van der Waals surface area contributed by atoms with Crippen LogP contribution in [0.5, 0.6) is 0 Å². The minimum absolute atomic E-state index is 0.118. The first-order valence-corrected chi connectivity index (χ1v) is 6.70. The van der Waals surface area contributed by atoms with E-state index in [1.807, 2.05) is 26.1 Å². The molecule has 0 aliphatic rings. The third kappa shape index (κ3) is 3.54. The third-order valence-electron chi connectivity index (χ3n) is 3.31. The lowest BCUT2D eigenvalue weighted by Gasteiger charge is -2.20. The Hall–Kier alpha value is -1.94. The Morgan fingerprint density at radius 2 is 2.20 bits per heavy atom. The predicted octanol–water partition coefficient (Wildman–Crippen LogP) is 2.48. The van der Waals surface area contributed by atoms with Gasteiger partial charge in [0.1, 0.15) is 0 Å². The van der Waals surface area contributed by atoms with Gasteiger partial charge < -0.3 is 9.64 Å². The Kier molecular flexibility index (Phi) is 4.69. The minimum atomic E-state index is -0.167. The Morgan fingerprint density at radius 1 is 1.40 bits per heavy atom. The van der Waals surface area contributed by atoms with Gasteiger partial charge in [-0.3, -0.25) is 9.78 Å². The van der Waals surface area contributed by atoms with E-state index in [-0.39, 0.29) is 11.9 Å². The highest BCUT2D eigenvalue weighted by atomic mass is 16.5. The summed E-state index contributed by atoms with van der Waals surface area (Å²) in [5.74, 6) is -0.285. The van der Waals surface area contributed by atoms with Crippen LogP contribution in [0.3, 0.4) is 0 Å². The molecule has 1 aromatic carbocycles. The van der Waals surface area contributed by atoms with Crippen LogP contribution in [0.4, 0.5) is 0 Å². The maximum atomic E-state index is 11.4. The third-order valence-corrected chi connectivity index (χ3v) is 3.31. The van der Waals surface area contributed by atoms with Crippen LogP contribution in [-0.4, -0.2) is 36.6 Å². The highest BCUT2D eigenvalue weighted by Gasteiger charge is 2.15. The monoisotopic (exact) mass is 272 g/mol. The zero-order valence-electron chi connectivity index (χ0n) is 12.2. The van der Waals surface area contributed by atoms with Crippen molar-refractivity contribution in [3.63, 3.8) is 0 Å². The van der Waals surface area contributed by atoms with Crippen LogP contribution in [0.15, 0.2) is 36.5 Å². The van der Waals surface area contributed by atoms with Crippen molar-refractivity contribution in [3.8, 4) is 0 Å². The van der Waals surface area contributed by atoms with Crippen molar-refractivity contribution in [3.05, 3.63) is 42.1 Å². The molecule has 1 atom stereocenters. The average molecular weight is 272 g/mol. The van der Waals surface area contributed by atoms with E-state index in [9.17, 15) is 4.79 Å². The number of benzene rings is 1. The molecule has 0 saturated carbocycles. The molecule has 2 aromatic rings. The van der Waals surface area contributed by atoms with Gasteiger partial charge >= 0.3 is 5.97 Å². The van der Waals surface area contributed by atoms with Crippen LogP contribution in [0.25, 0.3) is 10.9 Å². The molecule has 2 rings (SSSR count). The first-order valence-electron chi connectivity index (χ1n) is 6.70. The summed E-state index contributed by atoms with van der Waals surface area (Å²) in [5, 5.41) is 1.14. The van der Waals surface area contributed by atoms with Crippen molar-refractivity contribution < 1.29 is 9.53 Å². The molecular weight excluding hydrogens is 252 g/mol. The summed E-state index contributed by atoms with van der Waals surface area (Å²) in [5.41, 5.74) is 2.21. The number of pyridine rings is 1. The van der Waals surface area contributed by atoms with Gasteiger partial charge in [0.05, 0.1) is 18.5 Å². The smallest absolute Gasteiger partial charge is 0.309 e. The molecule has 20 heavy (non-hydrogen) atoms. The van der Waals surface area contributed by atoms with Gasteiger partial charge in [0.15, 0.2) is 0 Å². The number of ether oxygens (including phenoxy) is 1. The number of fused-ring (bicyclic) bond motifs is 1. The van der Waals surface area contributed by atoms with Crippen molar-refractivity contribution in [2.75, 3.05) is 20.7 Å². The lowest BCUT2D eigenvalue weighted by Crippen LogP contribution is -2.29. The maximum absolute atomic E-state index is 11.4. The fraction of sp³-hybridized carbons (Fsp3) is 0.375. The Balaban J connectivity index is 2.02. The second kappa shape index (κ2) is 6.48. The summed E-state index contributed by atoms with van der Waals surface area (Å²) in [6, 6.07) is 10.2. The van der Waals surface area contributed by atoms with E-state index < -0.39 is 0 Å². The Bertz CT molecular complexity index is 598. The van der Waals surface area contributed by atoms with Crippen molar-refractivity contribution in [2.45, 2.75) is 13.5 Å². The van der Waals surface area contributed by atoms with Gasteiger partial charge in [0.25, 0.3) is 0 Å². The SMILES string of the molecule is COC(=O)C(C)CN(C)Cc1ccc2ncccc2c1. The van der Waals surface area contributed by atoms with Crippen molar-refractivity contribution in [2.24, 2.45) is 5.92 Å². The van der Waals surface area contributed by atoms with E-state index in [2.05, 4.69) is 28.1 Å². The molecule has 0 spiro atoms. The number of nitrogens with zero attached hydrogens (tertiary/aromatic N) is 2. The topological polar surface area (TPSA) is 42.4 Å². The lowest BCUT2D eigenvalue weighted by molar-refractivity contribution is -0.145. The number of rotatable bonds is 5. The fourth-order valence-corrected chi connectivity index (χ4v) is 2.34. The summed E-state index contributed by atoms with van der Waals surface area (Å²) in [6.07, 6.45) is 1.80. The molecule has 0 aliphatic carbocycles. The van der Waals surface area contributed by atoms with Gasteiger partial charge in [-0.15, -0.1) is 0 Å². The number of esters is 1. The first kappa shape index (κ1) is 14.5. The van der Waals surface area contributed by atoms with Crippen LogP contribution >= 0.6 is 0 Å². The summed E-state index contributed by atoms with van der Waals surface area (Å²) < 4.78 is 4.75. The van der Waals surface area contributed by atoms with Gasteiger partial charge in [-0.05, 0) is 30.8 Å². The van der Waals surface area contributed by atoms with Crippen LogP contribution in [0, 0.1) is 5.92 Å². The number of hydrogen-bond donors (Lipinski definition) is 0. The fourth-order valence-electron chi connectivity index (χ4n) is 2.34. The quantitative estimate of drug-likeness (QED) is 0.784. The van der Waals surface area contributed by atoms with Crippen LogP contribution < -0.4 is 0 Å². The first-order chi connectivity index (χ1) is 9.60. The molecular formula is C16H20N2O2. The second-order valence-corrected chi connectivity index (χ2v) is 5.15. The molecule has 1 aromatic heterocycles. The van der Waals surface area contributed by atoms with E-state index in [0.717, 1.165) is 17.4 Å². The zero-order chi connectivity index (χ0) is 14.5. The zero-order valence-corrected chi connectivity index (χ0v) is 12.2. The number of aromatic nitrogens is 1. The highest BCUT2D eigenvalue weighted by Crippen LogP contribution is 2.15. The lowest BCUT2D eigenvalue weighted by atomic mass is 10.1. The molecule has 0 bridgehead atoms. The van der Waals surface area contributed by atoms with Gasteiger partial charge in [0, 0.05) is 24.7 Å². The molecule has 4 nitrogen and oxygen atoms in total. The highest BCUT2D eigenvalue weighted by molar-refractivity contribution is 5.78. The predicted molar refractivity (Wildman–Crippen MR) is 79.3 cm³/mol. The van der Waals surface area contributed by atoms with Gasteiger partial charge in [0.2, 0.25) is 0 Å². The van der Waals surface area contributed by atoms with E-state index in [0.29, 0.717) is 6.54 Å². The molecule has 0 N–H and O–H groups in total. The number of methoxy groups -OCH3 is 1. The molecule has 1 heterocycles. The molecule has 4 heteroatoms. The molecule has 1 unspecified atom stereocenters. The van der Waals surface area contributed by atoms with Crippen molar-refractivity contribution in [1.29, 1.82) is 0 Å². The number of hydrogen-bond acceptors (Lipinski definition) is 4. The summed E-state index contributed by atoms with van der Waals surface area (Å²) in [7, 11) is 3.43. The maximum Gasteiger partial charge on any atom is 0.309 e. The van der Waals surface area contributed by atoms with Crippen LogP contribution in [0.2, 0.25) is 0 Å². The molecule has 106 valence electrons. The summed E-state index contributed by atoms with van der Waals surface area (Å²) >= 11 is 0. The van der Waals surface area contributed by atoms with E-state index in [4.69, 9.17) is 4.74 Å². The minimum Gasteiger partial charge on any atom is -0.469 e. The Labute approximate surface area is 119 Å². The normalized spacial score (nSPS) is 12.6. The standard InChI is InChI=1S/C16H20N2O2/c1-12(16(19)20-3)10-18(2)11-13-6-7-15-14(9-13)5-4-8-17-15/h4-9,12H,10-11H2,1-3H3. The molecule has 0 radical (unpaired) electrons. The largest absolute Gasteiger partial charge is 0.469 e. The molecule has 0 saturated heterocycles. The number of carbonyl (C=O) groups is 1. The summed E-state index contributed by atoms with van der Waals surface area (Å²) in [4.78, 5) is 17.9. The van der Waals surface area contributed by atoms with Crippen molar-refractivity contribution >= 4 is 16.9 Å². The van der Waals surface area contributed by atoms with E-state index in [1.165, 1.54) is 12.7 Å². The van der Waals surface area contributed by atoms with Gasteiger partial charge in [-0.1, -0.05) is 19.1 Å². The van der Waals surface area contributed by atoms with E-state index in [1.54, 1.807) is 6.20 Å². The molecule has 0 fully saturated rings. The van der Waals surface area contributed by atoms with Crippen LogP contribution in [0.1, 0.15) is 12.5 Å². The van der Waals surface area contributed by atoms with Gasteiger partial charge in [-0.2, -0.15) is 0 Å². The van der Waals surface area contributed by atoms with Crippen LogP contribution in [-0.2, 0) is 16.1 Å². The Morgan fingerprint density at radius 3 is 2.95 bits per heavy atom. The molecule has 0 aliphatic heterocycles. The van der Waals surface area contributed by atoms with Gasteiger partial charge in [-0.25, -0.2) is 0 Å². The number of carbonyl (C=O) groups excluding carboxylic acids is 1. The second-order valence-electron chi connectivity index (χ2n) is 5.15.